The van der Waals surface area contributed by atoms with Crippen molar-refractivity contribution in [3.05, 3.63) is 88.6 Å². The number of aromatic nitrogens is 1. The number of pyridine rings is 1. The molecule has 0 bridgehead atoms. The van der Waals surface area contributed by atoms with Crippen LogP contribution in [0.5, 0.6) is 0 Å². The van der Waals surface area contributed by atoms with Crippen LogP contribution in [0.4, 0.5) is 16.3 Å². The molecule has 3 aliphatic rings. The molecule has 11 heteroatoms. The van der Waals surface area contributed by atoms with Crippen LogP contribution in [0, 0.1) is 5.41 Å². The van der Waals surface area contributed by atoms with Crippen molar-refractivity contribution in [3.63, 3.8) is 0 Å². The van der Waals surface area contributed by atoms with Crippen LogP contribution >= 0.6 is 0 Å². The van der Waals surface area contributed by atoms with E-state index in [1.54, 1.807) is 11.1 Å². The van der Waals surface area contributed by atoms with Gasteiger partial charge in [0.05, 0.1) is 10.8 Å². The Kier molecular flexibility index (Phi) is 8.52. The Balaban J connectivity index is 1.22. The number of carboxylic acid groups (broad SMARTS) is 1. The van der Waals surface area contributed by atoms with Crippen LogP contribution < -0.4 is 16.0 Å². The first-order valence-corrected chi connectivity index (χ1v) is 15.9. The fourth-order valence-corrected chi connectivity index (χ4v) is 7.38. The summed E-state index contributed by atoms with van der Waals surface area (Å²) in [5.41, 5.74) is 4.08. The van der Waals surface area contributed by atoms with E-state index in [9.17, 15) is 24.3 Å². The van der Waals surface area contributed by atoms with Crippen molar-refractivity contribution in [2.45, 2.75) is 57.5 Å². The standard InChI is InChI=1S/C35H40N6O5/c1-3-34(12-15-40(16-13-34)33(45)46)32(44)41(21-25-8-5-4-7-24(25)20-36-2)22-29(42)38-27-11-10-23-18-35(19-26(23)17-27)28-9-6-14-37-30(28)39-31(35)43/h4-11,14,17,36H,3,12-13,15-16,18-22H2,1-2H3,(H,38,42)(H,45,46)(H,37,39,43). The predicted octanol–water partition coefficient (Wildman–Crippen LogP) is 3.93. The SMILES string of the molecule is CCC1(C(=O)N(CC(=O)Nc2ccc3c(c2)CC2(C3)C(=O)Nc3ncccc32)Cc2ccccc2CNC)CCN(C(=O)O)CC1. The van der Waals surface area contributed by atoms with Gasteiger partial charge in [-0.2, -0.15) is 0 Å². The maximum absolute atomic E-state index is 14.3. The zero-order valence-corrected chi connectivity index (χ0v) is 26.3. The lowest BCUT2D eigenvalue weighted by atomic mass is 9.74. The summed E-state index contributed by atoms with van der Waals surface area (Å²) in [5.74, 6) is 0.0856. The summed E-state index contributed by atoms with van der Waals surface area (Å²) in [5, 5.41) is 18.6. The minimum Gasteiger partial charge on any atom is -0.465 e. The van der Waals surface area contributed by atoms with E-state index in [4.69, 9.17) is 0 Å². The number of benzene rings is 2. The Bertz CT molecular complexity index is 1680. The number of rotatable bonds is 9. The second kappa shape index (κ2) is 12.6. The van der Waals surface area contributed by atoms with E-state index in [-0.39, 0.29) is 43.9 Å². The Hall–Kier alpha value is -4.77. The van der Waals surface area contributed by atoms with Gasteiger partial charge in [0.2, 0.25) is 17.7 Å². The molecule has 1 spiro atoms. The van der Waals surface area contributed by atoms with Gasteiger partial charge in [-0.25, -0.2) is 9.78 Å². The fraction of sp³-hybridized carbons (Fsp3) is 0.400. The number of amides is 4. The predicted molar refractivity (Wildman–Crippen MR) is 173 cm³/mol. The van der Waals surface area contributed by atoms with E-state index in [0.29, 0.717) is 50.2 Å². The molecule has 3 aromatic rings. The van der Waals surface area contributed by atoms with Gasteiger partial charge in [0.1, 0.15) is 12.4 Å². The molecular weight excluding hydrogens is 584 g/mol. The van der Waals surface area contributed by atoms with Gasteiger partial charge in [0, 0.05) is 43.6 Å². The summed E-state index contributed by atoms with van der Waals surface area (Å²) in [6.45, 7) is 3.23. The number of piperidine rings is 1. The fourth-order valence-electron chi connectivity index (χ4n) is 7.38. The first kappa shape index (κ1) is 31.2. The highest BCUT2D eigenvalue weighted by Crippen LogP contribution is 2.47. The van der Waals surface area contributed by atoms with E-state index >= 15 is 0 Å². The molecule has 4 amide bonds. The smallest absolute Gasteiger partial charge is 0.407 e. The Morgan fingerprint density at radius 2 is 1.76 bits per heavy atom. The summed E-state index contributed by atoms with van der Waals surface area (Å²) in [6, 6.07) is 17.4. The molecular formula is C35H40N6O5. The van der Waals surface area contributed by atoms with E-state index in [2.05, 4.69) is 20.9 Å². The Morgan fingerprint density at radius 3 is 2.48 bits per heavy atom. The topological polar surface area (TPSA) is 144 Å². The molecule has 1 atom stereocenters. The van der Waals surface area contributed by atoms with Crippen molar-refractivity contribution in [2.75, 3.05) is 37.3 Å². The second-order valence-corrected chi connectivity index (χ2v) is 12.7. The number of carbonyl (C=O) groups excluding carboxylic acids is 3. The Morgan fingerprint density at radius 1 is 1.02 bits per heavy atom. The molecule has 2 aliphatic heterocycles. The van der Waals surface area contributed by atoms with Crippen LogP contribution in [-0.4, -0.2) is 70.4 Å². The van der Waals surface area contributed by atoms with E-state index in [1.165, 1.54) is 4.90 Å². The molecule has 6 rings (SSSR count). The first-order valence-electron chi connectivity index (χ1n) is 15.9. The lowest BCUT2D eigenvalue weighted by molar-refractivity contribution is -0.148. The number of hydrogen-bond donors (Lipinski definition) is 4. The van der Waals surface area contributed by atoms with Crippen molar-refractivity contribution in [1.29, 1.82) is 0 Å². The summed E-state index contributed by atoms with van der Waals surface area (Å²) >= 11 is 0. The van der Waals surface area contributed by atoms with Crippen molar-refractivity contribution >= 4 is 35.3 Å². The van der Waals surface area contributed by atoms with Crippen LogP contribution in [0.25, 0.3) is 0 Å². The van der Waals surface area contributed by atoms with Gasteiger partial charge in [0.25, 0.3) is 0 Å². The van der Waals surface area contributed by atoms with Gasteiger partial charge in [-0.1, -0.05) is 43.3 Å². The number of nitrogens with zero attached hydrogens (tertiary/aromatic N) is 3. The highest BCUT2D eigenvalue weighted by Gasteiger charge is 2.51. The minimum absolute atomic E-state index is 0.0604. The quantitative estimate of drug-likeness (QED) is 0.283. The second-order valence-electron chi connectivity index (χ2n) is 12.7. The van der Waals surface area contributed by atoms with E-state index < -0.39 is 16.9 Å². The molecule has 1 aliphatic carbocycles. The molecule has 0 saturated carbocycles. The van der Waals surface area contributed by atoms with Gasteiger partial charge in [-0.05, 0) is 79.6 Å². The third-order valence-corrected chi connectivity index (χ3v) is 10.1. The molecule has 1 unspecified atom stereocenters. The summed E-state index contributed by atoms with van der Waals surface area (Å²) in [4.78, 5) is 60.0. The number of carbonyl (C=O) groups is 4. The third kappa shape index (κ3) is 5.71. The number of nitrogens with one attached hydrogen (secondary N) is 3. The van der Waals surface area contributed by atoms with Crippen LogP contribution in [0.3, 0.4) is 0 Å². The molecule has 3 heterocycles. The van der Waals surface area contributed by atoms with E-state index in [0.717, 1.165) is 27.8 Å². The highest BCUT2D eigenvalue weighted by atomic mass is 16.4. The third-order valence-electron chi connectivity index (χ3n) is 10.1. The number of likely N-dealkylation sites (tertiary alicyclic amines) is 1. The van der Waals surface area contributed by atoms with Gasteiger partial charge in [-0.15, -0.1) is 0 Å². The highest BCUT2D eigenvalue weighted by molar-refractivity contribution is 6.06. The molecule has 4 N–H and O–H groups in total. The molecule has 240 valence electrons. The minimum atomic E-state index is -0.982. The van der Waals surface area contributed by atoms with Crippen molar-refractivity contribution in [3.8, 4) is 0 Å². The van der Waals surface area contributed by atoms with Gasteiger partial charge >= 0.3 is 6.09 Å². The average Bonchev–Trinajstić information content (AvgIpc) is 3.57. The van der Waals surface area contributed by atoms with Crippen molar-refractivity contribution in [2.24, 2.45) is 5.41 Å². The normalized spacial score (nSPS) is 19.3. The van der Waals surface area contributed by atoms with Crippen molar-refractivity contribution < 1.29 is 24.3 Å². The maximum Gasteiger partial charge on any atom is 0.407 e. The Labute approximate surface area is 268 Å². The van der Waals surface area contributed by atoms with Gasteiger partial charge < -0.3 is 30.9 Å². The summed E-state index contributed by atoms with van der Waals surface area (Å²) < 4.78 is 0. The number of hydrogen-bond acceptors (Lipinski definition) is 6. The van der Waals surface area contributed by atoms with Crippen LogP contribution in [0.15, 0.2) is 60.8 Å². The van der Waals surface area contributed by atoms with Crippen LogP contribution in [-0.2, 0) is 45.7 Å². The molecule has 11 nitrogen and oxygen atoms in total. The lowest BCUT2D eigenvalue weighted by Crippen LogP contribution is -2.52. The maximum atomic E-state index is 14.3. The average molecular weight is 625 g/mol. The van der Waals surface area contributed by atoms with Crippen LogP contribution in [0.2, 0.25) is 0 Å². The largest absolute Gasteiger partial charge is 0.465 e. The zero-order chi connectivity index (χ0) is 32.5. The summed E-state index contributed by atoms with van der Waals surface area (Å²) in [6.07, 6.45) is 3.12. The number of fused-ring (bicyclic) bond motifs is 3. The first-order chi connectivity index (χ1) is 22.2. The van der Waals surface area contributed by atoms with Gasteiger partial charge in [-0.3, -0.25) is 14.4 Å². The molecule has 0 radical (unpaired) electrons. The lowest BCUT2D eigenvalue weighted by Gasteiger charge is -2.42. The monoisotopic (exact) mass is 624 g/mol. The van der Waals surface area contributed by atoms with Crippen molar-refractivity contribution in [1.82, 2.24) is 20.1 Å². The zero-order valence-electron chi connectivity index (χ0n) is 26.3. The molecule has 46 heavy (non-hydrogen) atoms. The number of anilines is 2. The molecule has 1 saturated heterocycles. The molecule has 2 aromatic carbocycles. The molecule has 1 fully saturated rings. The summed E-state index contributed by atoms with van der Waals surface area (Å²) in [7, 11) is 1.86. The van der Waals surface area contributed by atoms with Gasteiger partial charge in [0.15, 0.2) is 0 Å². The molecule has 1 aromatic heterocycles. The van der Waals surface area contributed by atoms with E-state index in [1.807, 2.05) is 68.6 Å². The van der Waals surface area contributed by atoms with Crippen LogP contribution in [0.1, 0.15) is 54.0 Å².